The van der Waals surface area contributed by atoms with Crippen molar-refractivity contribution in [3.8, 4) is 5.75 Å². The highest BCUT2D eigenvalue weighted by Crippen LogP contribution is 2.40. The smallest absolute Gasteiger partial charge is 0.317 e. The summed E-state index contributed by atoms with van der Waals surface area (Å²) in [5.41, 5.74) is 2.40. The molecule has 0 spiro atoms. The molecule has 0 radical (unpaired) electrons. The highest BCUT2D eigenvalue weighted by atomic mass is 19.1. The predicted molar refractivity (Wildman–Crippen MR) is 99.9 cm³/mol. The first-order chi connectivity index (χ1) is 13.0. The summed E-state index contributed by atoms with van der Waals surface area (Å²) in [5, 5.41) is 0. The lowest BCUT2D eigenvalue weighted by molar-refractivity contribution is -0.151. The second-order valence-corrected chi connectivity index (χ2v) is 6.39. The quantitative estimate of drug-likeness (QED) is 0.588. The van der Waals surface area contributed by atoms with Crippen molar-refractivity contribution in [1.82, 2.24) is 0 Å². The summed E-state index contributed by atoms with van der Waals surface area (Å²) in [7, 11) is 1.58. The standard InChI is InChI=1S/C22H21FO4/c1-3-27-22(25)21-19(15-6-10-18(26-2)11-7-15)12-16(13-20(21)24)14-4-8-17(23)9-5-14/h4-11,13,19,21H,3,12H2,1-2H3/t19-,21-/m0/s1. The molecule has 4 nitrogen and oxygen atoms in total. The number of hydrogen-bond acceptors (Lipinski definition) is 4. The molecular formula is C22H21FO4. The van der Waals surface area contributed by atoms with Crippen LogP contribution in [0.5, 0.6) is 5.75 Å². The van der Waals surface area contributed by atoms with Gasteiger partial charge >= 0.3 is 5.97 Å². The molecule has 0 unspecified atom stereocenters. The van der Waals surface area contributed by atoms with E-state index >= 15 is 0 Å². The predicted octanol–water partition coefficient (Wildman–Crippen LogP) is 4.15. The lowest BCUT2D eigenvalue weighted by Gasteiger charge is -2.29. The minimum absolute atomic E-state index is 0.215. The van der Waals surface area contributed by atoms with Gasteiger partial charge in [-0.1, -0.05) is 24.3 Å². The number of rotatable bonds is 5. The average molecular weight is 368 g/mol. The molecule has 0 saturated carbocycles. The maximum Gasteiger partial charge on any atom is 0.317 e. The molecule has 1 aliphatic rings. The number of ketones is 1. The number of methoxy groups -OCH3 is 1. The Morgan fingerprint density at radius 2 is 1.78 bits per heavy atom. The maximum absolute atomic E-state index is 13.2. The number of hydrogen-bond donors (Lipinski definition) is 0. The van der Waals surface area contributed by atoms with Crippen molar-refractivity contribution < 1.29 is 23.5 Å². The number of ether oxygens (including phenoxy) is 2. The Kier molecular flexibility index (Phi) is 5.69. The van der Waals surface area contributed by atoms with Crippen LogP contribution < -0.4 is 4.74 Å². The molecule has 2 aromatic rings. The van der Waals surface area contributed by atoms with Crippen LogP contribution in [-0.4, -0.2) is 25.5 Å². The Hall–Kier alpha value is -2.95. The molecular weight excluding hydrogens is 347 g/mol. The number of halogens is 1. The van der Waals surface area contributed by atoms with Crippen molar-refractivity contribution in [3.63, 3.8) is 0 Å². The molecule has 27 heavy (non-hydrogen) atoms. The first-order valence-corrected chi connectivity index (χ1v) is 8.84. The van der Waals surface area contributed by atoms with Crippen LogP contribution in [0, 0.1) is 11.7 Å². The fourth-order valence-corrected chi connectivity index (χ4v) is 3.41. The maximum atomic E-state index is 13.2. The molecule has 2 aromatic carbocycles. The Labute approximate surface area is 157 Å². The van der Waals surface area contributed by atoms with Gasteiger partial charge in [-0.05, 0) is 60.4 Å². The molecule has 140 valence electrons. The van der Waals surface area contributed by atoms with Crippen LogP contribution in [-0.2, 0) is 14.3 Å². The second-order valence-electron chi connectivity index (χ2n) is 6.39. The largest absolute Gasteiger partial charge is 0.497 e. The van der Waals surface area contributed by atoms with Crippen LogP contribution in [0.4, 0.5) is 4.39 Å². The number of esters is 1. The van der Waals surface area contributed by atoms with Gasteiger partial charge in [0.2, 0.25) is 0 Å². The van der Waals surface area contributed by atoms with E-state index in [0.717, 1.165) is 16.7 Å². The van der Waals surface area contributed by atoms with Gasteiger partial charge in [0.05, 0.1) is 13.7 Å². The van der Waals surface area contributed by atoms with E-state index in [-0.39, 0.29) is 24.1 Å². The van der Waals surface area contributed by atoms with Gasteiger partial charge < -0.3 is 9.47 Å². The highest BCUT2D eigenvalue weighted by molar-refractivity contribution is 6.10. The molecule has 2 atom stereocenters. The monoisotopic (exact) mass is 368 g/mol. The molecule has 3 rings (SSSR count). The Morgan fingerprint density at radius 1 is 1.11 bits per heavy atom. The summed E-state index contributed by atoms with van der Waals surface area (Å²) < 4.78 is 23.6. The molecule has 0 saturated heterocycles. The molecule has 5 heteroatoms. The van der Waals surface area contributed by atoms with Crippen molar-refractivity contribution in [2.75, 3.05) is 13.7 Å². The third-order valence-electron chi connectivity index (χ3n) is 4.76. The van der Waals surface area contributed by atoms with E-state index in [1.165, 1.54) is 18.2 Å². The summed E-state index contributed by atoms with van der Waals surface area (Å²) in [6, 6.07) is 13.3. The minimum Gasteiger partial charge on any atom is -0.497 e. The Balaban J connectivity index is 1.99. The van der Waals surface area contributed by atoms with Crippen molar-refractivity contribution in [2.24, 2.45) is 5.92 Å². The lowest BCUT2D eigenvalue weighted by atomic mass is 9.73. The second kappa shape index (κ2) is 8.16. The first-order valence-electron chi connectivity index (χ1n) is 8.84. The van der Waals surface area contributed by atoms with Crippen molar-refractivity contribution >= 4 is 17.3 Å². The van der Waals surface area contributed by atoms with Crippen LogP contribution in [0.1, 0.15) is 30.4 Å². The number of carbonyl (C=O) groups excluding carboxylic acids is 2. The van der Waals surface area contributed by atoms with Gasteiger partial charge in [0.25, 0.3) is 0 Å². The van der Waals surface area contributed by atoms with E-state index in [1.807, 2.05) is 12.1 Å². The molecule has 0 aliphatic heterocycles. The zero-order valence-electron chi connectivity index (χ0n) is 15.3. The summed E-state index contributed by atoms with van der Waals surface area (Å²) in [5.74, 6) is -1.69. The van der Waals surface area contributed by atoms with Crippen molar-refractivity contribution in [2.45, 2.75) is 19.3 Å². The number of carbonyl (C=O) groups is 2. The molecule has 1 aliphatic carbocycles. The van der Waals surface area contributed by atoms with Gasteiger partial charge in [0, 0.05) is 5.92 Å². The molecule has 0 amide bonds. The van der Waals surface area contributed by atoms with Crippen molar-refractivity contribution in [1.29, 1.82) is 0 Å². The zero-order chi connectivity index (χ0) is 19.4. The summed E-state index contributed by atoms with van der Waals surface area (Å²) in [6.45, 7) is 1.93. The summed E-state index contributed by atoms with van der Waals surface area (Å²) in [6.07, 6.45) is 1.96. The van der Waals surface area contributed by atoms with Gasteiger partial charge in [-0.2, -0.15) is 0 Å². The van der Waals surface area contributed by atoms with Crippen LogP contribution in [0.25, 0.3) is 5.57 Å². The minimum atomic E-state index is -0.887. The average Bonchev–Trinajstić information content (AvgIpc) is 2.68. The van der Waals surface area contributed by atoms with Gasteiger partial charge in [0.15, 0.2) is 5.78 Å². The van der Waals surface area contributed by atoms with Crippen molar-refractivity contribution in [3.05, 3.63) is 71.6 Å². The van der Waals surface area contributed by atoms with E-state index in [2.05, 4.69) is 0 Å². The lowest BCUT2D eigenvalue weighted by Crippen LogP contribution is -2.34. The van der Waals surface area contributed by atoms with Crippen LogP contribution in [0.3, 0.4) is 0 Å². The number of benzene rings is 2. The Morgan fingerprint density at radius 3 is 2.37 bits per heavy atom. The normalized spacial score (nSPS) is 19.4. The van der Waals surface area contributed by atoms with Crippen LogP contribution in [0.15, 0.2) is 54.6 Å². The summed E-state index contributed by atoms with van der Waals surface area (Å²) in [4.78, 5) is 25.2. The molecule has 0 heterocycles. The number of allylic oxidation sites excluding steroid dienone is 2. The SMILES string of the molecule is CCOC(=O)[C@@H]1C(=O)C=C(c2ccc(F)cc2)C[C@H]1c1ccc(OC)cc1. The van der Waals surface area contributed by atoms with E-state index in [4.69, 9.17) is 9.47 Å². The molecule has 0 fully saturated rings. The van der Waals surface area contributed by atoms with Gasteiger partial charge in [0.1, 0.15) is 17.5 Å². The fourth-order valence-electron chi connectivity index (χ4n) is 3.41. The Bertz CT molecular complexity index is 853. The molecule has 0 N–H and O–H groups in total. The molecule has 0 aromatic heterocycles. The van der Waals surface area contributed by atoms with Crippen LogP contribution in [0.2, 0.25) is 0 Å². The summed E-state index contributed by atoms with van der Waals surface area (Å²) >= 11 is 0. The highest BCUT2D eigenvalue weighted by Gasteiger charge is 2.39. The van der Waals surface area contributed by atoms with Gasteiger partial charge in [-0.3, -0.25) is 9.59 Å². The third-order valence-corrected chi connectivity index (χ3v) is 4.76. The van der Waals surface area contributed by atoms with Crippen LogP contribution >= 0.6 is 0 Å². The fraction of sp³-hybridized carbons (Fsp3) is 0.273. The topological polar surface area (TPSA) is 52.6 Å². The van der Waals surface area contributed by atoms with E-state index in [0.29, 0.717) is 12.2 Å². The third kappa shape index (κ3) is 4.08. The van der Waals surface area contributed by atoms with E-state index in [1.54, 1.807) is 38.3 Å². The molecule has 0 bridgehead atoms. The van der Waals surface area contributed by atoms with E-state index in [9.17, 15) is 14.0 Å². The van der Waals surface area contributed by atoms with Gasteiger partial charge in [-0.15, -0.1) is 0 Å². The zero-order valence-corrected chi connectivity index (χ0v) is 15.3. The van der Waals surface area contributed by atoms with E-state index < -0.39 is 11.9 Å². The first kappa shape index (κ1) is 18.8. The van der Waals surface area contributed by atoms with Gasteiger partial charge in [-0.25, -0.2) is 4.39 Å².